The normalized spacial score (nSPS) is 10.8. The molecule has 2 nitrogen and oxygen atoms in total. The Kier molecular flexibility index (Phi) is 3.67. The molecule has 0 saturated heterocycles. The second-order valence-electron chi connectivity index (χ2n) is 4.12. The number of ether oxygens (including phenoxy) is 1. The summed E-state index contributed by atoms with van der Waals surface area (Å²) in [5.74, 6) is -0.249. The number of rotatable bonds is 4. The van der Waals surface area contributed by atoms with E-state index in [0.29, 0.717) is 6.42 Å². The maximum absolute atomic E-state index is 11.6. The van der Waals surface area contributed by atoms with Crippen LogP contribution in [0.2, 0.25) is 0 Å². The van der Waals surface area contributed by atoms with Gasteiger partial charge in [0.2, 0.25) is 0 Å². The summed E-state index contributed by atoms with van der Waals surface area (Å²) in [6.07, 6.45) is 1.84. The van der Waals surface area contributed by atoms with Crippen LogP contribution in [0.15, 0.2) is 43.2 Å². The fraction of sp³-hybridized carbons (Fsp3) is 0.308. The van der Waals surface area contributed by atoms with Gasteiger partial charge in [-0.25, -0.2) is 0 Å². The van der Waals surface area contributed by atoms with E-state index in [0.717, 1.165) is 5.56 Å². The van der Waals surface area contributed by atoms with Crippen molar-refractivity contribution in [1.82, 2.24) is 0 Å². The summed E-state index contributed by atoms with van der Waals surface area (Å²) >= 11 is 0. The molecule has 1 aromatic carbocycles. The summed E-state index contributed by atoms with van der Waals surface area (Å²) in [5, 5.41) is 0. The Morgan fingerprint density at radius 3 is 2.53 bits per heavy atom. The van der Waals surface area contributed by atoms with Crippen molar-refractivity contribution in [1.29, 1.82) is 0 Å². The lowest BCUT2D eigenvalue weighted by molar-refractivity contribution is -0.147. The maximum Gasteiger partial charge on any atom is 0.316 e. The SMILES string of the molecule is C=COC(=O)C(C)(C)Cc1ccccc1. The molecule has 1 aromatic rings. The molecule has 0 fully saturated rings. The van der Waals surface area contributed by atoms with Crippen molar-refractivity contribution in [2.24, 2.45) is 5.41 Å². The molecule has 0 N–H and O–H groups in total. The van der Waals surface area contributed by atoms with Gasteiger partial charge in [-0.15, -0.1) is 0 Å². The molecule has 0 spiro atoms. The van der Waals surface area contributed by atoms with Crippen LogP contribution in [0.1, 0.15) is 19.4 Å². The first-order chi connectivity index (χ1) is 7.06. The third-order valence-corrected chi connectivity index (χ3v) is 2.23. The first-order valence-corrected chi connectivity index (χ1v) is 4.92. The van der Waals surface area contributed by atoms with E-state index in [1.807, 2.05) is 44.2 Å². The Labute approximate surface area is 90.6 Å². The van der Waals surface area contributed by atoms with E-state index in [9.17, 15) is 4.79 Å². The van der Waals surface area contributed by atoms with E-state index in [1.54, 1.807) is 0 Å². The first-order valence-electron chi connectivity index (χ1n) is 4.92. The predicted octanol–water partition coefficient (Wildman–Crippen LogP) is 2.94. The largest absolute Gasteiger partial charge is 0.435 e. The molecule has 0 aliphatic heterocycles. The minimum atomic E-state index is -0.518. The van der Waals surface area contributed by atoms with Gasteiger partial charge >= 0.3 is 5.97 Å². The molecule has 0 aliphatic rings. The molecule has 0 amide bonds. The van der Waals surface area contributed by atoms with Crippen LogP contribution in [0.4, 0.5) is 0 Å². The molecule has 0 atom stereocenters. The number of hydrogen-bond donors (Lipinski definition) is 0. The molecule has 15 heavy (non-hydrogen) atoms. The van der Waals surface area contributed by atoms with E-state index in [2.05, 4.69) is 6.58 Å². The predicted molar refractivity (Wildman–Crippen MR) is 60.2 cm³/mol. The Morgan fingerprint density at radius 2 is 2.00 bits per heavy atom. The summed E-state index contributed by atoms with van der Waals surface area (Å²) in [4.78, 5) is 11.6. The highest BCUT2D eigenvalue weighted by Gasteiger charge is 2.29. The molecule has 0 radical (unpaired) electrons. The van der Waals surface area contributed by atoms with E-state index >= 15 is 0 Å². The molecule has 0 aliphatic carbocycles. The number of benzene rings is 1. The second kappa shape index (κ2) is 4.78. The van der Waals surface area contributed by atoms with Crippen molar-refractivity contribution in [2.75, 3.05) is 0 Å². The third-order valence-electron chi connectivity index (χ3n) is 2.23. The number of esters is 1. The van der Waals surface area contributed by atoms with Gasteiger partial charge in [-0.1, -0.05) is 36.9 Å². The zero-order chi connectivity index (χ0) is 11.3. The van der Waals surface area contributed by atoms with Crippen LogP contribution in [0.5, 0.6) is 0 Å². The van der Waals surface area contributed by atoms with Crippen LogP contribution in [0.25, 0.3) is 0 Å². The van der Waals surface area contributed by atoms with Crippen molar-refractivity contribution in [3.63, 3.8) is 0 Å². The lowest BCUT2D eigenvalue weighted by Gasteiger charge is -2.21. The van der Waals surface area contributed by atoms with Crippen LogP contribution in [-0.4, -0.2) is 5.97 Å². The highest BCUT2D eigenvalue weighted by Crippen LogP contribution is 2.23. The highest BCUT2D eigenvalue weighted by molar-refractivity contribution is 5.76. The Bertz CT molecular complexity index is 339. The third kappa shape index (κ3) is 3.24. The quantitative estimate of drug-likeness (QED) is 0.556. The van der Waals surface area contributed by atoms with Crippen molar-refractivity contribution in [2.45, 2.75) is 20.3 Å². The maximum atomic E-state index is 11.6. The summed E-state index contributed by atoms with van der Waals surface area (Å²) in [6.45, 7) is 7.11. The Morgan fingerprint density at radius 1 is 1.40 bits per heavy atom. The summed E-state index contributed by atoms with van der Waals surface area (Å²) in [6, 6.07) is 9.89. The lowest BCUT2D eigenvalue weighted by atomic mass is 9.86. The highest BCUT2D eigenvalue weighted by atomic mass is 16.5. The van der Waals surface area contributed by atoms with Crippen molar-refractivity contribution >= 4 is 5.97 Å². The number of hydrogen-bond acceptors (Lipinski definition) is 2. The average Bonchev–Trinajstić information content (AvgIpc) is 2.19. The molecule has 1 rings (SSSR count). The van der Waals surface area contributed by atoms with Crippen LogP contribution in [0.3, 0.4) is 0 Å². The summed E-state index contributed by atoms with van der Waals surface area (Å²) in [5.41, 5.74) is 0.610. The second-order valence-corrected chi connectivity index (χ2v) is 4.12. The number of carbonyl (C=O) groups is 1. The van der Waals surface area contributed by atoms with Gasteiger partial charge in [0, 0.05) is 0 Å². The fourth-order valence-electron chi connectivity index (χ4n) is 1.41. The molecular weight excluding hydrogens is 188 g/mol. The van der Waals surface area contributed by atoms with E-state index in [4.69, 9.17) is 4.74 Å². The van der Waals surface area contributed by atoms with Gasteiger partial charge in [0.1, 0.15) is 0 Å². The van der Waals surface area contributed by atoms with Gasteiger partial charge in [-0.2, -0.15) is 0 Å². The van der Waals surface area contributed by atoms with Crippen LogP contribution in [0, 0.1) is 5.41 Å². The molecule has 2 heteroatoms. The Balaban J connectivity index is 2.72. The number of carbonyl (C=O) groups excluding carboxylic acids is 1. The van der Waals surface area contributed by atoms with Crippen LogP contribution >= 0.6 is 0 Å². The lowest BCUT2D eigenvalue weighted by Crippen LogP contribution is -2.27. The molecular formula is C13H16O2. The smallest absolute Gasteiger partial charge is 0.316 e. The Hall–Kier alpha value is -1.57. The molecule has 0 saturated carbocycles. The van der Waals surface area contributed by atoms with Gasteiger partial charge < -0.3 is 4.74 Å². The van der Waals surface area contributed by atoms with E-state index in [1.165, 1.54) is 6.26 Å². The monoisotopic (exact) mass is 204 g/mol. The van der Waals surface area contributed by atoms with Gasteiger partial charge in [0.15, 0.2) is 0 Å². The first kappa shape index (κ1) is 11.5. The zero-order valence-electron chi connectivity index (χ0n) is 9.19. The van der Waals surface area contributed by atoms with Crippen LogP contribution < -0.4 is 0 Å². The average molecular weight is 204 g/mol. The topological polar surface area (TPSA) is 26.3 Å². The molecule has 0 aromatic heterocycles. The van der Waals surface area contributed by atoms with Gasteiger partial charge in [0.25, 0.3) is 0 Å². The molecule has 0 unspecified atom stereocenters. The zero-order valence-corrected chi connectivity index (χ0v) is 9.19. The standard InChI is InChI=1S/C13H16O2/c1-4-15-12(14)13(2,3)10-11-8-6-5-7-9-11/h4-9H,1,10H2,2-3H3. The summed E-state index contributed by atoms with van der Waals surface area (Å²) in [7, 11) is 0. The van der Waals surface area contributed by atoms with Gasteiger partial charge in [-0.3, -0.25) is 4.79 Å². The fourth-order valence-corrected chi connectivity index (χ4v) is 1.41. The molecule has 0 heterocycles. The van der Waals surface area contributed by atoms with Crippen molar-refractivity contribution < 1.29 is 9.53 Å². The minimum Gasteiger partial charge on any atom is -0.435 e. The summed E-state index contributed by atoms with van der Waals surface area (Å²) < 4.78 is 4.80. The van der Waals surface area contributed by atoms with E-state index < -0.39 is 5.41 Å². The van der Waals surface area contributed by atoms with Crippen molar-refractivity contribution in [3.05, 3.63) is 48.7 Å². The van der Waals surface area contributed by atoms with Gasteiger partial charge in [0.05, 0.1) is 11.7 Å². The molecule has 80 valence electrons. The van der Waals surface area contributed by atoms with E-state index in [-0.39, 0.29) is 5.97 Å². The minimum absolute atomic E-state index is 0.249. The van der Waals surface area contributed by atoms with Crippen LogP contribution in [-0.2, 0) is 16.0 Å². The van der Waals surface area contributed by atoms with Crippen molar-refractivity contribution in [3.8, 4) is 0 Å². The van der Waals surface area contributed by atoms with Gasteiger partial charge in [-0.05, 0) is 25.8 Å². The molecule has 0 bridgehead atoms.